The Bertz CT molecular complexity index is 522. The summed E-state index contributed by atoms with van der Waals surface area (Å²) >= 11 is 0. The number of aromatic nitrogens is 3. The third-order valence-electron chi connectivity index (χ3n) is 2.35. The van der Waals surface area contributed by atoms with E-state index in [1.807, 2.05) is 0 Å². The largest absolute Gasteiger partial charge is 0.381 e. The van der Waals surface area contributed by atoms with Gasteiger partial charge in [0.05, 0.1) is 12.2 Å². The van der Waals surface area contributed by atoms with Gasteiger partial charge in [-0.25, -0.2) is 13.5 Å². The van der Waals surface area contributed by atoms with Gasteiger partial charge in [0.1, 0.15) is 11.6 Å². The van der Waals surface area contributed by atoms with Gasteiger partial charge in [-0.2, -0.15) is 0 Å². The third kappa shape index (κ3) is 1.86. The minimum absolute atomic E-state index is 0.183. The van der Waals surface area contributed by atoms with E-state index in [1.54, 1.807) is 6.92 Å². The number of anilines is 1. The first kappa shape index (κ1) is 10.5. The van der Waals surface area contributed by atoms with Crippen molar-refractivity contribution in [2.45, 2.75) is 13.5 Å². The number of hydrogen-bond donors (Lipinski definition) is 1. The van der Waals surface area contributed by atoms with E-state index in [1.165, 1.54) is 16.8 Å². The summed E-state index contributed by atoms with van der Waals surface area (Å²) in [7, 11) is 0. The molecule has 0 spiro atoms. The fraction of sp³-hybridized carbons (Fsp3) is 0.200. The molecule has 6 heteroatoms. The molecule has 1 aromatic heterocycles. The molecule has 0 fully saturated rings. The van der Waals surface area contributed by atoms with Crippen LogP contribution in [0, 0.1) is 18.6 Å². The first-order chi connectivity index (χ1) is 7.58. The van der Waals surface area contributed by atoms with Crippen LogP contribution in [0.5, 0.6) is 0 Å². The zero-order valence-electron chi connectivity index (χ0n) is 8.61. The van der Waals surface area contributed by atoms with E-state index in [0.717, 1.165) is 6.07 Å². The van der Waals surface area contributed by atoms with Crippen molar-refractivity contribution in [1.29, 1.82) is 0 Å². The molecule has 0 unspecified atom stereocenters. The molecule has 0 atom stereocenters. The van der Waals surface area contributed by atoms with E-state index in [9.17, 15) is 8.78 Å². The maximum absolute atomic E-state index is 13.3. The summed E-state index contributed by atoms with van der Waals surface area (Å²) in [6.45, 7) is 1.92. The molecule has 0 saturated heterocycles. The summed E-state index contributed by atoms with van der Waals surface area (Å²) < 4.78 is 27.5. The number of benzene rings is 1. The van der Waals surface area contributed by atoms with Gasteiger partial charge in [0, 0.05) is 11.6 Å². The maximum Gasteiger partial charge on any atom is 0.168 e. The van der Waals surface area contributed by atoms with Crippen molar-refractivity contribution in [2.24, 2.45) is 0 Å². The molecule has 1 aromatic carbocycles. The number of hydrogen-bond acceptors (Lipinski definition) is 3. The fourth-order valence-corrected chi connectivity index (χ4v) is 1.34. The summed E-state index contributed by atoms with van der Waals surface area (Å²) in [6.07, 6.45) is 0. The Hall–Kier alpha value is -1.98. The van der Waals surface area contributed by atoms with Crippen LogP contribution in [0.15, 0.2) is 18.2 Å². The Morgan fingerprint density at radius 1 is 1.38 bits per heavy atom. The average Bonchev–Trinajstić information content (AvgIpc) is 2.54. The predicted molar refractivity (Wildman–Crippen MR) is 54.6 cm³/mol. The predicted octanol–water partition coefficient (Wildman–Crippen LogP) is 1.50. The highest BCUT2D eigenvalue weighted by Crippen LogP contribution is 2.13. The SMILES string of the molecule is Cc1c(N)nnn1Cc1ccc(F)cc1F. The Morgan fingerprint density at radius 3 is 2.69 bits per heavy atom. The normalized spacial score (nSPS) is 10.7. The lowest BCUT2D eigenvalue weighted by atomic mass is 10.2. The molecule has 0 radical (unpaired) electrons. The minimum Gasteiger partial charge on any atom is -0.381 e. The van der Waals surface area contributed by atoms with E-state index < -0.39 is 11.6 Å². The summed E-state index contributed by atoms with van der Waals surface area (Å²) in [5, 5.41) is 7.41. The van der Waals surface area contributed by atoms with Gasteiger partial charge in [0.2, 0.25) is 0 Å². The first-order valence-electron chi connectivity index (χ1n) is 4.67. The molecular formula is C10H10F2N4. The summed E-state index contributed by atoms with van der Waals surface area (Å²) in [6, 6.07) is 3.42. The lowest BCUT2D eigenvalue weighted by Gasteiger charge is -2.04. The zero-order chi connectivity index (χ0) is 11.7. The van der Waals surface area contributed by atoms with Gasteiger partial charge in [-0.1, -0.05) is 11.3 Å². The molecule has 0 aliphatic heterocycles. The van der Waals surface area contributed by atoms with Crippen molar-refractivity contribution in [3.63, 3.8) is 0 Å². The van der Waals surface area contributed by atoms with Crippen LogP contribution in [0.4, 0.5) is 14.6 Å². The van der Waals surface area contributed by atoms with Gasteiger partial charge in [-0.3, -0.25) is 0 Å². The molecule has 84 valence electrons. The van der Waals surface area contributed by atoms with Crippen LogP contribution < -0.4 is 5.73 Å². The second-order valence-corrected chi connectivity index (χ2v) is 3.45. The number of nitrogens with two attached hydrogens (primary N) is 1. The molecule has 0 bridgehead atoms. The number of nitrogen functional groups attached to an aromatic ring is 1. The highest BCUT2D eigenvalue weighted by atomic mass is 19.1. The van der Waals surface area contributed by atoms with Gasteiger partial charge in [0.15, 0.2) is 5.82 Å². The summed E-state index contributed by atoms with van der Waals surface area (Å²) in [5.41, 5.74) is 6.51. The highest BCUT2D eigenvalue weighted by molar-refractivity contribution is 5.32. The summed E-state index contributed by atoms with van der Waals surface area (Å²) in [4.78, 5) is 0. The molecule has 16 heavy (non-hydrogen) atoms. The van der Waals surface area contributed by atoms with E-state index in [4.69, 9.17) is 5.73 Å². The maximum atomic E-state index is 13.3. The molecule has 0 saturated carbocycles. The highest BCUT2D eigenvalue weighted by Gasteiger charge is 2.09. The third-order valence-corrected chi connectivity index (χ3v) is 2.35. The van der Waals surface area contributed by atoms with Crippen molar-refractivity contribution in [3.8, 4) is 0 Å². The van der Waals surface area contributed by atoms with Crippen LogP contribution in [-0.4, -0.2) is 15.0 Å². The van der Waals surface area contributed by atoms with Crippen LogP contribution in [0.25, 0.3) is 0 Å². The number of halogens is 2. The Kier molecular flexibility index (Phi) is 2.55. The van der Waals surface area contributed by atoms with E-state index in [0.29, 0.717) is 17.1 Å². The molecule has 2 rings (SSSR count). The van der Waals surface area contributed by atoms with Crippen LogP contribution in [0.2, 0.25) is 0 Å². The molecule has 0 aliphatic rings. The standard InChI is InChI=1S/C10H10F2N4/c1-6-10(13)14-15-16(6)5-7-2-3-8(11)4-9(7)12/h2-4H,5,13H2,1H3. The molecule has 2 N–H and O–H groups in total. The quantitative estimate of drug-likeness (QED) is 0.840. The molecule has 0 aliphatic carbocycles. The Morgan fingerprint density at radius 2 is 2.12 bits per heavy atom. The van der Waals surface area contributed by atoms with Crippen molar-refractivity contribution < 1.29 is 8.78 Å². The van der Waals surface area contributed by atoms with Crippen molar-refractivity contribution in [3.05, 3.63) is 41.1 Å². The molecular weight excluding hydrogens is 214 g/mol. The van der Waals surface area contributed by atoms with Crippen molar-refractivity contribution in [1.82, 2.24) is 15.0 Å². The Balaban J connectivity index is 2.30. The van der Waals surface area contributed by atoms with Gasteiger partial charge in [-0.05, 0) is 13.0 Å². The first-order valence-corrected chi connectivity index (χ1v) is 4.67. The summed E-state index contributed by atoms with van der Waals surface area (Å²) in [5.74, 6) is -0.896. The van der Waals surface area contributed by atoms with Crippen molar-refractivity contribution >= 4 is 5.82 Å². The number of rotatable bonds is 2. The van der Waals surface area contributed by atoms with Crippen molar-refractivity contribution in [2.75, 3.05) is 5.73 Å². The fourth-order valence-electron chi connectivity index (χ4n) is 1.34. The average molecular weight is 224 g/mol. The lowest BCUT2D eigenvalue weighted by molar-refractivity contribution is 0.551. The van der Waals surface area contributed by atoms with E-state index in [-0.39, 0.29) is 6.54 Å². The minimum atomic E-state index is -0.603. The Labute approximate surface area is 90.7 Å². The van der Waals surface area contributed by atoms with Crippen LogP contribution in [0.3, 0.4) is 0 Å². The van der Waals surface area contributed by atoms with Crippen LogP contribution in [-0.2, 0) is 6.54 Å². The van der Waals surface area contributed by atoms with Gasteiger partial charge >= 0.3 is 0 Å². The van der Waals surface area contributed by atoms with E-state index >= 15 is 0 Å². The lowest BCUT2D eigenvalue weighted by Crippen LogP contribution is -2.06. The van der Waals surface area contributed by atoms with Gasteiger partial charge < -0.3 is 5.73 Å². The zero-order valence-corrected chi connectivity index (χ0v) is 8.61. The second kappa shape index (κ2) is 3.88. The van der Waals surface area contributed by atoms with Gasteiger partial charge in [-0.15, -0.1) is 5.10 Å². The van der Waals surface area contributed by atoms with Crippen LogP contribution in [0.1, 0.15) is 11.3 Å². The molecule has 2 aromatic rings. The van der Waals surface area contributed by atoms with Crippen LogP contribution >= 0.6 is 0 Å². The monoisotopic (exact) mass is 224 g/mol. The second-order valence-electron chi connectivity index (χ2n) is 3.45. The molecule has 0 amide bonds. The smallest absolute Gasteiger partial charge is 0.168 e. The van der Waals surface area contributed by atoms with E-state index in [2.05, 4.69) is 10.3 Å². The number of nitrogens with zero attached hydrogens (tertiary/aromatic N) is 3. The topological polar surface area (TPSA) is 56.7 Å². The molecule has 4 nitrogen and oxygen atoms in total. The van der Waals surface area contributed by atoms with Gasteiger partial charge in [0.25, 0.3) is 0 Å². The molecule has 1 heterocycles.